The van der Waals surface area contributed by atoms with Crippen molar-refractivity contribution in [3.63, 3.8) is 0 Å². The van der Waals surface area contributed by atoms with E-state index in [1.165, 1.54) is 181 Å². The smallest absolute Gasteiger partial charge is 0.343 e. The minimum absolute atomic E-state index is 0. The number of unbranched alkanes of at least 4 members (excludes halogenated alkanes) is 19. The summed E-state index contributed by atoms with van der Waals surface area (Å²) >= 11 is 22.6. The number of amides is 1. The maximum Gasteiger partial charge on any atom is 1.00 e. The Morgan fingerprint density at radius 2 is 0.930 bits per heavy atom. The van der Waals surface area contributed by atoms with Crippen LogP contribution in [0.15, 0.2) is 11.9 Å². The van der Waals surface area contributed by atoms with Crippen molar-refractivity contribution in [2.75, 3.05) is 14.1 Å². The fourth-order valence-electron chi connectivity index (χ4n) is 8.58. The van der Waals surface area contributed by atoms with Gasteiger partial charge in [0.15, 0.2) is 11.6 Å². The Kier molecular flexibility index (Phi) is 35.7. The van der Waals surface area contributed by atoms with E-state index in [2.05, 4.69) is 118 Å². The summed E-state index contributed by atoms with van der Waals surface area (Å²) < 4.78 is 6.52. The van der Waals surface area contributed by atoms with Gasteiger partial charge in [-0.2, -0.15) is 6.42 Å². The van der Waals surface area contributed by atoms with Crippen molar-refractivity contribution in [1.82, 2.24) is 4.90 Å². The summed E-state index contributed by atoms with van der Waals surface area (Å²) in [7, 11) is 6.07. The molecule has 0 saturated carbocycles. The molecule has 4 aromatic heterocycles. The molecule has 1 amide bonds. The second-order valence-electron chi connectivity index (χ2n) is 19.8. The first kappa shape index (κ1) is 68.9. The Balaban J connectivity index is 0.000000565. The largest absolute Gasteiger partial charge is 1.00 e. The van der Waals surface area contributed by atoms with Gasteiger partial charge in [0.25, 0.3) is 0 Å². The molecule has 391 valence electrons. The molecule has 0 bridgehead atoms. The molecule has 0 aromatic carbocycles. The number of hydrogen-bond donors (Lipinski definition) is 1. The zero-order chi connectivity index (χ0) is 52.6. The molecule has 0 N–H and O–H groups in total. The predicted molar refractivity (Wildman–Crippen MR) is 328 cm³/mol. The predicted octanol–water partition coefficient (Wildman–Crippen LogP) is 17.7. The first-order chi connectivity index (χ1) is 33.3. The van der Waals surface area contributed by atoms with Crippen molar-refractivity contribution in [2.24, 2.45) is 4.30 Å². The van der Waals surface area contributed by atoms with E-state index in [1.807, 2.05) is 29.6 Å². The fraction of sp³-hybridized carbons (Fsp3) is 0.636. The summed E-state index contributed by atoms with van der Waals surface area (Å²) in [6, 6.07) is 0. The van der Waals surface area contributed by atoms with Crippen LogP contribution in [0.2, 0.25) is 19.6 Å². The maximum atomic E-state index is 13.4. The average Bonchev–Trinajstić information content (AvgIpc) is 4.12. The number of fused-ring (bicyclic) bond motifs is 6. The molecule has 6 rings (SSSR count). The van der Waals surface area contributed by atoms with Gasteiger partial charge in [0, 0.05) is 41.2 Å². The van der Waals surface area contributed by atoms with E-state index in [0.717, 1.165) is 54.7 Å². The minimum Gasteiger partial charge on any atom is -0.343 e. The first-order valence-electron chi connectivity index (χ1n) is 26.0. The summed E-state index contributed by atoms with van der Waals surface area (Å²) in [6.45, 7) is 23.9. The number of hydrogen-bond acceptors (Lipinski definition) is 9. The molecule has 1 radical (unpaired) electrons. The van der Waals surface area contributed by atoms with E-state index in [1.54, 1.807) is 41.3 Å². The SMILES string of the molecule is CCCCCCCCCCCCc1c(Br)sc2c1C(=O)c1c-2sc(Br)c1C.CCCCCCCCCCCCc1c([Si](C)(C)C)sc2c1C(=O)c1c-2sc(C)c1C.CN(C)C(=O)Cl.[B]=NS.[CH2-]CCC.[Li+]. The van der Waals surface area contributed by atoms with Crippen molar-refractivity contribution >= 4 is 139 Å². The number of thiophene rings is 4. The maximum absolute atomic E-state index is 13.4. The molecule has 2 aliphatic rings. The zero-order valence-corrected chi connectivity index (χ0v) is 54.7. The van der Waals surface area contributed by atoms with Gasteiger partial charge in [-0.3, -0.25) is 14.4 Å². The van der Waals surface area contributed by atoms with Crippen LogP contribution >= 0.6 is 102 Å². The third-order valence-electron chi connectivity index (χ3n) is 12.7. The number of carbonyl (C=O) groups excluding carboxylic acids is 3. The molecule has 5 nitrogen and oxygen atoms in total. The van der Waals surface area contributed by atoms with Crippen LogP contribution in [0.25, 0.3) is 19.5 Å². The number of aryl methyl sites for hydroxylation is 1. The van der Waals surface area contributed by atoms with Gasteiger partial charge in [-0.15, -0.1) is 45.3 Å². The van der Waals surface area contributed by atoms with Gasteiger partial charge in [-0.05, 0) is 117 Å². The summed E-state index contributed by atoms with van der Waals surface area (Å²) in [5, 5.41) is -0.435. The van der Waals surface area contributed by atoms with E-state index in [4.69, 9.17) is 11.6 Å². The third-order valence-corrected chi connectivity index (χ3v) is 23.6. The van der Waals surface area contributed by atoms with Crippen LogP contribution in [-0.2, 0) is 12.8 Å². The normalized spacial score (nSPS) is 11.6. The van der Waals surface area contributed by atoms with E-state index >= 15 is 0 Å². The van der Waals surface area contributed by atoms with Gasteiger partial charge in [0.05, 0.1) is 35.2 Å². The number of carbonyl (C=O) groups is 3. The Hall–Kier alpha value is -0.111. The quantitative estimate of drug-likeness (QED) is 0.0164. The number of halogens is 3. The molecule has 4 aromatic rings. The monoisotopic (exact) mass is 1220 g/mol. The van der Waals surface area contributed by atoms with Gasteiger partial charge < -0.3 is 11.8 Å². The van der Waals surface area contributed by atoms with Crippen LogP contribution in [0.5, 0.6) is 0 Å². The molecular formula is C55H84BBr2ClLiN2O3S5Si. The number of rotatable bonds is 24. The summed E-state index contributed by atoms with van der Waals surface area (Å²) in [4.78, 5) is 43.8. The molecule has 0 spiro atoms. The molecule has 4 heterocycles. The zero-order valence-electron chi connectivity index (χ0n) is 45.6. The molecule has 2 aliphatic carbocycles. The van der Waals surface area contributed by atoms with Crippen LogP contribution in [0.3, 0.4) is 0 Å². The van der Waals surface area contributed by atoms with Crippen LogP contribution in [0.4, 0.5) is 4.79 Å². The second kappa shape index (κ2) is 36.8. The molecule has 71 heavy (non-hydrogen) atoms. The fourth-order valence-corrected chi connectivity index (χ4v) is 17.5. The van der Waals surface area contributed by atoms with Gasteiger partial charge in [-0.1, -0.05) is 162 Å². The van der Waals surface area contributed by atoms with Gasteiger partial charge >= 0.3 is 49.0 Å². The van der Waals surface area contributed by atoms with Crippen LogP contribution in [0.1, 0.15) is 221 Å². The summed E-state index contributed by atoms with van der Waals surface area (Å²) in [5.41, 5.74) is 9.03. The Labute approximate surface area is 489 Å². The molecule has 0 aliphatic heterocycles. The van der Waals surface area contributed by atoms with Crippen molar-refractivity contribution in [3.8, 4) is 19.5 Å². The van der Waals surface area contributed by atoms with Gasteiger partial charge in [0.1, 0.15) is 0 Å². The van der Waals surface area contributed by atoms with Gasteiger partial charge in [-0.25, -0.2) is 0 Å². The Morgan fingerprint density at radius 1 is 0.606 bits per heavy atom. The Morgan fingerprint density at radius 3 is 1.32 bits per heavy atom. The first-order valence-corrected chi connectivity index (χ1v) is 35.1. The second-order valence-corrected chi connectivity index (χ2v) is 32.6. The molecular weight excluding hydrogens is 1140 g/mol. The number of thiol groups is 1. The average molecular weight is 1220 g/mol. The van der Waals surface area contributed by atoms with Crippen molar-refractivity contribution in [3.05, 3.63) is 63.9 Å². The molecule has 0 saturated heterocycles. The molecule has 0 unspecified atom stereocenters. The van der Waals surface area contributed by atoms with E-state index < -0.39 is 13.4 Å². The van der Waals surface area contributed by atoms with Crippen LogP contribution in [0, 0.1) is 27.7 Å². The van der Waals surface area contributed by atoms with Crippen molar-refractivity contribution < 1.29 is 33.2 Å². The molecule has 16 heteroatoms. The van der Waals surface area contributed by atoms with Crippen molar-refractivity contribution in [2.45, 2.75) is 215 Å². The number of ketones is 2. The van der Waals surface area contributed by atoms with E-state index in [0.29, 0.717) is 5.78 Å². The van der Waals surface area contributed by atoms with Crippen LogP contribution in [-0.4, -0.2) is 51.6 Å². The summed E-state index contributed by atoms with van der Waals surface area (Å²) in [5.74, 6) is 0.563. The van der Waals surface area contributed by atoms with Crippen molar-refractivity contribution in [1.29, 1.82) is 0 Å². The van der Waals surface area contributed by atoms with Crippen LogP contribution < -0.4 is 23.4 Å². The third kappa shape index (κ3) is 21.3. The standard InChI is InChI=1S/C26H40OS2Si.C22H28Br2OS2.C4H9.C3H6ClNO.BHNS.Li/c1-7-8-9-10-11-12-13-14-15-16-17-20-22-23(27)21-18(2)19(3)28-24(21)25(22)29-26(20)30(4,5)6;1-3-4-5-6-7-8-9-10-11-12-13-15-17-18(25)16-14(2)21(23)26-19(16)20(17)27-22(15)24;1-3-4-2;1-5(2)3(4)6;1-2-3;/h7-17H2,1-6H3;3-13H2,1-2H3;1,3-4H2,2H3;1-2H3;3H;/q;;-1;;;+1. The minimum atomic E-state index is -1.45. The Bertz CT molecular complexity index is 2250. The van der Waals surface area contributed by atoms with Gasteiger partial charge in [0.2, 0.25) is 0 Å². The summed E-state index contributed by atoms with van der Waals surface area (Å²) in [6.07, 6.45) is 31.5. The number of nitrogens with zero attached hydrogens (tertiary/aromatic N) is 2. The van der Waals surface area contributed by atoms with E-state index in [-0.39, 0.29) is 24.6 Å². The topological polar surface area (TPSA) is 66.8 Å². The van der Waals surface area contributed by atoms with E-state index in [9.17, 15) is 14.4 Å². The molecule has 0 fully saturated rings. The molecule has 0 atom stereocenters.